The van der Waals surface area contributed by atoms with Crippen LogP contribution >= 0.6 is 0 Å². The van der Waals surface area contributed by atoms with E-state index >= 15 is 0 Å². The van der Waals surface area contributed by atoms with Gasteiger partial charge in [0.2, 0.25) is 0 Å². The molecule has 152 valence electrons. The van der Waals surface area contributed by atoms with Crippen LogP contribution in [0.3, 0.4) is 0 Å². The maximum Gasteiger partial charge on any atom is 0.298 e. The third-order valence-corrected chi connectivity index (χ3v) is 5.07. The zero-order valence-corrected chi connectivity index (χ0v) is 16.1. The number of fused-ring (bicyclic) bond motifs is 1. The number of oxazole rings is 1. The van der Waals surface area contributed by atoms with Crippen molar-refractivity contribution in [3.8, 4) is 5.75 Å². The maximum atomic E-state index is 12.0. The van der Waals surface area contributed by atoms with Gasteiger partial charge in [0.15, 0.2) is 11.3 Å². The lowest BCUT2D eigenvalue weighted by atomic mass is 9.96. The minimum atomic E-state index is -0.599. The summed E-state index contributed by atoms with van der Waals surface area (Å²) < 4.78 is 7.39. The summed E-state index contributed by atoms with van der Waals surface area (Å²) in [5.41, 5.74) is 9.03. The van der Waals surface area contributed by atoms with Crippen LogP contribution in [0.1, 0.15) is 22.1 Å². The number of hydrogen-bond donors (Lipinski definition) is 3. The summed E-state index contributed by atoms with van der Waals surface area (Å²) >= 11 is 0. The van der Waals surface area contributed by atoms with Gasteiger partial charge < -0.3 is 25.5 Å². The lowest BCUT2D eigenvalue weighted by molar-refractivity contribution is 0.0996. The van der Waals surface area contributed by atoms with Gasteiger partial charge in [-0.2, -0.15) is 10.1 Å². The number of aryl methyl sites for hydroxylation is 1. The summed E-state index contributed by atoms with van der Waals surface area (Å²) in [5, 5.41) is 16.8. The van der Waals surface area contributed by atoms with Crippen molar-refractivity contribution in [2.75, 3.05) is 23.3 Å². The molecular formula is C20H19N7O3. The van der Waals surface area contributed by atoms with Crippen LogP contribution in [-0.4, -0.2) is 43.9 Å². The Bertz CT molecular complexity index is 1260. The fourth-order valence-electron chi connectivity index (χ4n) is 3.49. The van der Waals surface area contributed by atoms with Crippen LogP contribution in [0.5, 0.6) is 5.75 Å². The fourth-order valence-corrected chi connectivity index (χ4v) is 3.49. The Balaban J connectivity index is 1.33. The monoisotopic (exact) mass is 405 g/mol. The van der Waals surface area contributed by atoms with Crippen LogP contribution in [0.15, 0.2) is 47.1 Å². The number of rotatable bonds is 5. The van der Waals surface area contributed by atoms with Gasteiger partial charge in [-0.05, 0) is 24.3 Å². The average Bonchev–Trinajstić information content (AvgIpc) is 3.26. The number of amides is 1. The zero-order chi connectivity index (χ0) is 20.8. The number of aromatic nitrogens is 4. The molecule has 4 heterocycles. The van der Waals surface area contributed by atoms with Gasteiger partial charge in [0.25, 0.3) is 11.9 Å². The maximum absolute atomic E-state index is 12.0. The SMILES string of the molecule is Cn1cc(Nc2ccc(C3CN(c4nc5ccc(O)cc5o4)C3)nc2C(N)=O)cn1. The molecule has 0 saturated carbocycles. The smallest absolute Gasteiger partial charge is 0.298 e. The van der Waals surface area contributed by atoms with E-state index in [0.717, 1.165) is 11.4 Å². The number of pyridine rings is 1. The van der Waals surface area contributed by atoms with Crippen LogP contribution < -0.4 is 16.0 Å². The van der Waals surface area contributed by atoms with Crippen molar-refractivity contribution >= 4 is 34.4 Å². The summed E-state index contributed by atoms with van der Waals surface area (Å²) in [6, 6.07) is 9.01. The third-order valence-electron chi connectivity index (χ3n) is 5.07. The molecule has 10 nitrogen and oxygen atoms in total. The van der Waals surface area contributed by atoms with Crippen molar-refractivity contribution in [2.24, 2.45) is 12.8 Å². The van der Waals surface area contributed by atoms with E-state index in [9.17, 15) is 9.90 Å². The first-order valence-electron chi connectivity index (χ1n) is 9.37. The first-order valence-corrected chi connectivity index (χ1v) is 9.37. The number of benzene rings is 1. The normalized spacial score (nSPS) is 14.1. The van der Waals surface area contributed by atoms with Crippen molar-refractivity contribution in [3.63, 3.8) is 0 Å². The summed E-state index contributed by atoms with van der Waals surface area (Å²) in [4.78, 5) is 22.9. The van der Waals surface area contributed by atoms with Crippen LogP contribution in [0, 0.1) is 0 Å². The lowest BCUT2D eigenvalue weighted by Gasteiger charge is -2.37. The molecule has 0 bridgehead atoms. The molecule has 1 aliphatic heterocycles. The molecule has 4 aromatic rings. The second-order valence-corrected chi connectivity index (χ2v) is 7.27. The fraction of sp³-hybridized carbons (Fsp3) is 0.200. The first-order chi connectivity index (χ1) is 14.5. The molecule has 0 atom stereocenters. The Morgan fingerprint density at radius 2 is 2.10 bits per heavy atom. The highest BCUT2D eigenvalue weighted by Crippen LogP contribution is 2.34. The lowest BCUT2D eigenvalue weighted by Crippen LogP contribution is -2.45. The predicted octanol–water partition coefficient (Wildman–Crippen LogP) is 2.11. The van der Waals surface area contributed by atoms with E-state index in [-0.39, 0.29) is 17.4 Å². The number of carbonyl (C=O) groups excluding carboxylic acids is 1. The van der Waals surface area contributed by atoms with E-state index in [1.165, 1.54) is 6.07 Å². The molecule has 0 spiro atoms. The van der Waals surface area contributed by atoms with E-state index < -0.39 is 5.91 Å². The molecule has 3 aromatic heterocycles. The van der Waals surface area contributed by atoms with Crippen molar-refractivity contribution in [3.05, 3.63) is 54.1 Å². The topological polar surface area (TPSA) is 135 Å². The standard InChI is InChI=1S/C20H19N7O3/c1-26-10-12(7-22-26)23-16-5-4-14(24-18(16)19(21)29)11-8-27(9-11)20-25-15-3-2-13(28)6-17(15)30-20/h2-7,10-11,23,28H,8-9H2,1H3,(H2,21,29). The minimum Gasteiger partial charge on any atom is -0.508 e. The summed E-state index contributed by atoms with van der Waals surface area (Å²) in [5.74, 6) is -0.341. The van der Waals surface area contributed by atoms with Crippen LogP contribution in [0.25, 0.3) is 11.1 Å². The first kappa shape index (κ1) is 18.0. The molecule has 0 radical (unpaired) electrons. The van der Waals surface area contributed by atoms with Crippen molar-refractivity contribution < 1.29 is 14.3 Å². The number of hydrogen-bond acceptors (Lipinski definition) is 8. The van der Waals surface area contributed by atoms with Gasteiger partial charge in [-0.25, -0.2) is 4.98 Å². The molecule has 0 unspecified atom stereocenters. The molecule has 4 N–H and O–H groups in total. The predicted molar refractivity (Wildman–Crippen MR) is 110 cm³/mol. The Kier molecular flexibility index (Phi) is 4.05. The largest absolute Gasteiger partial charge is 0.508 e. The van der Waals surface area contributed by atoms with Crippen LogP contribution in [-0.2, 0) is 7.05 Å². The molecule has 1 aromatic carbocycles. The molecule has 0 aliphatic carbocycles. The number of phenols is 1. The molecule has 1 amide bonds. The molecule has 1 aliphatic rings. The van der Waals surface area contributed by atoms with Crippen LogP contribution in [0.4, 0.5) is 17.4 Å². The molecule has 10 heteroatoms. The van der Waals surface area contributed by atoms with Gasteiger partial charge in [0, 0.05) is 44.0 Å². The molecule has 30 heavy (non-hydrogen) atoms. The zero-order valence-electron chi connectivity index (χ0n) is 16.1. The highest BCUT2D eigenvalue weighted by atomic mass is 16.4. The average molecular weight is 405 g/mol. The van der Waals surface area contributed by atoms with Gasteiger partial charge in [-0.3, -0.25) is 9.48 Å². The summed E-state index contributed by atoms with van der Waals surface area (Å²) in [7, 11) is 1.81. The molecule has 5 rings (SSSR count). The summed E-state index contributed by atoms with van der Waals surface area (Å²) in [6.07, 6.45) is 3.45. The number of primary amides is 1. The van der Waals surface area contributed by atoms with E-state index in [0.29, 0.717) is 35.9 Å². The Hall–Kier alpha value is -4.08. The Morgan fingerprint density at radius 1 is 1.27 bits per heavy atom. The van der Waals surface area contributed by atoms with E-state index in [2.05, 4.69) is 20.4 Å². The van der Waals surface area contributed by atoms with Crippen molar-refractivity contribution in [1.82, 2.24) is 19.7 Å². The van der Waals surface area contributed by atoms with Gasteiger partial charge in [-0.1, -0.05) is 0 Å². The third kappa shape index (κ3) is 3.17. The molecular weight excluding hydrogens is 386 g/mol. The molecule has 1 saturated heterocycles. The van der Waals surface area contributed by atoms with E-state index in [1.807, 2.05) is 18.0 Å². The Morgan fingerprint density at radius 3 is 2.83 bits per heavy atom. The molecule has 1 fully saturated rings. The number of nitrogens with zero attached hydrogens (tertiary/aromatic N) is 5. The number of nitrogens with two attached hydrogens (primary N) is 1. The van der Waals surface area contributed by atoms with Crippen molar-refractivity contribution in [1.29, 1.82) is 0 Å². The number of carbonyl (C=O) groups is 1. The highest BCUT2D eigenvalue weighted by molar-refractivity contribution is 5.97. The minimum absolute atomic E-state index is 0.124. The Labute approximate surface area is 170 Å². The highest BCUT2D eigenvalue weighted by Gasteiger charge is 2.33. The van der Waals surface area contributed by atoms with Gasteiger partial charge in [0.05, 0.1) is 17.6 Å². The van der Waals surface area contributed by atoms with E-state index in [1.54, 1.807) is 35.3 Å². The van der Waals surface area contributed by atoms with Gasteiger partial charge in [0.1, 0.15) is 11.3 Å². The van der Waals surface area contributed by atoms with Crippen molar-refractivity contribution in [2.45, 2.75) is 5.92 Å². The number of aromatic hydroxyl groups is 1. The summed E-state index contributed by atoms with van der Waals surface area (Å²) in [6.45, 7) is 1.30. The van der Waals surface area contributed by atoms with Gasteiger partial charge in [-0.15, -0.1) is 0 Å². The number of phenolic OH excluding ortho intramolecular Hbond substituents is 1. The quantitative estimate of drug-likeness (QED) is 0.459. The number of nitrogens with one attached hydrogen (secondary N) is 1. The van der Waals surface area contributed by atoms with E-state index in [4.69, 9.17) is 10.2 Å². The van der Waals surface area contributed by atoms with Gasteiger partial charge >= 0.3 is 0 Å². The number of anilines is 3. The second-order valence-electron chi connectivity index (χ2n) is 7.27. The second kappa shape index (κ2) is 6.76. The van der Waals surface area contributed by atoms with Crippen LogP contribution in [0.2, 0.25) is 0 Å².